The summed E-state index contributed by atoms with van der Waals surface area (Å²) in [6.45, 7) is 6.15. The molecule has 0 aliphatic carbocycles. The fourth-order valence-electron chi connectivity index (χ4n) is 3.20. The van der Waals surface area contributed by atoms with E-state index in [1.54, 1.807) is 11.8 Å². The minimum absolute atomic E-state index is 0.0395. The van der Waals surface area contributed by atoms with E-state index in [0.717, 1.165) is 29.1 Å². The van der Waals surface area contributed by atoms with Crippen molar-refractivity contribution in [2.45, 2.75) is 55.4 Å². The summed E-state index contributed by atoms with van der Waals surface area (Å²) < 4.78 is 6.06. The van der Waals surface area contributed by atoms with Crippen LogP contribution in [-0.4, -0.2) is 16.8 Å². The highest BCUT2D eigenvalue weighted by Gasteiger charge is 2.35. The van der Waals surface area contributed by atoms with Crippen LogP contribution in [0.5, 0.6) is 5.75 Å². The number of benzene rings is 2. The zero-order chi connectivity index (χ0) is 18.7. The van der Waals surface area contributed by atoms with E-state index in [2.05, 4.69) is 19.2 Å². The highest BCUT2D eigenvalue weighted by molar-refractivity contribution is 8.00. The van der Waals surface area contributed by atoms with Crippen molar-refractivity contribution in [2.75, 3.05) is 0 Å². The lowest BCUT2D eigenvalue weighted by Gasteiger charge is -2.38. The van der Waals surface area contributed by atoms with E-state index in [4.69, 9.17) is 16.3 Å². The number of carbonyl (C=O) groups excluding carboxylic acids is 1. The van der Waals surface area contributed by atoms with Gasteiger partial charge in [-0.2, -0.15) is 0 Å². The Hall–Kier alpha value is -1.65. The van der Waals surface area contributed by atoms with Crippen LogP contribution in [0.1, 0.15) is 45.2 Å². The van der Waals surface area contributed by atoms with Gasteiger partial charge in [-0.25, -0.2) is 0 Å². The molecule has 0 saturated heterocycles. The number of hydrogen-bond acceptors (Lipinski definition) is 3. The van der Waals surface area contributed by atoms with Crippen molar-refractivity contribution >= 4 is 29.3 Å². The van der Waals surface area contributed by atoms with Gasteiger partial charge in [-0.1, -0.05) is 36.7 Å². The minimum atomic E-state index is -0.308. The van der Waals surface area contributed by atoms with E-state index in [-0.39, 0.29) is 22.8 Å². The molecular weight excluding hydrogens is 366 g/mol. The molecule has 0 bridgehead atoms. The first kappa shape index (κ1) is 19.1. The molecule has 2 aromatic rings. The van der Waals surface area contributed by atoms with Crippen molar-refractivity contribution in [3.63, 3.8) is 0 Å². The first-order chi connectivity index (χ1) is 12.4. The Morgan fingerprint density at radius 1 is 1.27 bits per heavy atom. The summed E-state index contributed by atoms with van der Waals surface area (Å²) >= 11 is 7.52. The van der Waals surface area contributed by atoms with Crippen LogP contribution in [0.4, 0.5) is 0 Å². The lowest BCUT2D eigenvalue weighted by molar-refractivity contribution is -0.121. The second kappa shape index (κ2) is 7.93. The van der Waals surface area contributed by atoms with Crippen LogP contribution < -0.4 is 10.1 Å². The molecule has 3 rings (SSSR count). The SMILES string of the molecule is CC[C@@H](Sc1ccc(Cl)cc1)C(=O)N[C@H]1CC(C)(C)Oc2ccccc21. The lowest BCUT2D eigenvalue weighted by atomic mass is 9.89. The number of hydrogen-bond donors (Lipinski definition) is 1. The average Bonchev–Trinajstić information content (AvgIpc) is 2.60. The molecular formula is C21H24ClNO2S. The molecule has 0 aromatic heterocycles. The molecule has 5 heteroatoms. The number of ether oxygens (including phenoxy) is 1. The Morgan fingerprint density at radius 3 is 2.65 bits per heavy atom. The summed E-state index contributed by atoms with van der Waals surface area (Å²) in [7, 11) is 0. The van der Waals surface area contributed by atoms with Crippen molar-refractivity contribution in [1.82, 2.24) is 5.32 Å². The van der Waals surface area contributed by atoms with Crippen molar-refractivity contribution in [3.8, 4) is 5.75 Å². The number of fused-ring (bicyclic) bond motifs is 1. The van der Waals surface area contributed by atoms with Gasteiger partial charge in [0.15, 0.2) is 0 Å². The third kappa shape index (κ3) is 4.54. The summed E-state index contributed by atoms with van der Waals surface area (Å²) in [5.74, 6) is 0.914. The second-order valence-electron chi connectivity index (χ2n) is 7.13. The number of amides is 1. The van der Waals surface area contributed by atoms with Gasteiger partial charge in [0.25, 0.3) is 0 Å². The van der Waals surface area contributed by atoms with E-state index < -0.39 is 0 Å². The molecule has 138 valence electrons. The first-order valence-electron chi connectivity index (χ1n) is 8.88. The number of para-hydroxylation sites is 1. The zero-order valence-corrected chi connectivity index (χ0v) is 16.9. The number of thioether (sulfide) groups is 1. The molecule has 1 N–H and O–H groups in total. The van der Waals surface area contributed by atoms with Gasteiger partial charge in [-0.15, -0.1) is 11.8 Å². The molecule has 1 aliphatic rings. The Balaban J connectivity index is 1.74. The Labute approximate surface area is 164 Å². The van der Waals surface area contributed by atoms with Gasteiger partial charge in [0.05, 0.1) is 11.3 Å². The van der Waals surface area contributed by atoms with Gasteiger partial charge < -0.3 is 10.1 Å². The maximum absolute atomic E-state index is 12.9. The molecule has 1 aliphatic heterocycles. The number of rotatable bonds is 5. The number of carbonyl (C=O) groups is 1. The number of halogens is 1. The fraction of sp³-hybridized carbons (Fsp3) is 0.381. The minimum Gasteiger partial charge on any atom is -0.487 e. The van der Waals surface area contributed by atoms with Gasteiger partial charge in [-0.05, 0) is 50.6 Å². The van der Waals surface area contributed by atoms with E-state index in [0.29, 0.717) is 5.02 Å². The predicted octanol–water partition coefficient (Wildman–Crippen LogP) is 5.63. The largest absolute Gasteiger partial charge is 0.487 e. The van der Waals surface area contributed by atoms with Crippen molar-refractivity contribution in [1.29, 1.82) is 0 Å². The summed E-state index contributed by atoms with van der Waals surface area (Å²) in [6, 6.07) is 15.5. The smallest absolute Gasteiger partial charge is 0.233 e. The van der Waals surface area contributed by atoms with Gasteiger partial charge in [0.1, 0.15) is 11.4 Å². The molecule has 2 aromatic carbocycles. The summed E-state index contributed by atoms with van der Waals surface area (Å²) in [5.41, 5.74) is 0.740. The molecule has 26 heavy (non-hydrogen) atoms. The number of nitrogens with one attached hydrogen (secondary N) is 1. The van der Waals surface area contributed by atoms with Crippen LogP contribution in [0.3, 0.4) is 0 Å². The Morgan fingerprint density at radius 2 is 1.96 bits per heavy atom. The third-order valence-corrected chi connectivity index (χ3v) is 6.08. The molecule has 3 nitrogen and oxygen atoms in total. The topological polar surface area (TPSA) is 38.3 Å². The predicted molar refractivity (Wildman–Crippen MR) is 108 cm³/mol. The quantitative estimate of drug-likeness (QED) is 0.673. The summed E-state index contributed by atoms with van der Waals surface area (Å²) in [4.78, 5) is 14.0. The van der Waals surface area contributed by atoms with Crippen LogP contribution in [0.25, 0.3) is 0 Å². The van der Waals surface area contributed by atoms with Gasteiger partial charge in [0.2, 0.25) is 5.91 Å². The maximum Gasteiger partial charge on any atom is 0.233 e. The zero-order valence-electron chi connectivity index (χ0n) is 15.3. The van der Waals surface area contributed by atoms with E-state index in [9.17, 15) is 4.79 Å². The molecule has 2 atom stereocenters. The van der Waals surface area contributed by atoms with Gasteiger partial charge >= 0.3 is 0 Å². The maximum atomic E-state index is 12.9. The van der Waals surface area contributed by atoms with E-state index in [1.165, 1.54) is 0 Å². The van der Waals surface area contributed by atoms with Gasteiger partial charge in [-0.3, -0.25) is 4.79 Å². The van der Waals surface area contributed by atoms with Crippen LogP contribution in [0.2, 0.25) is 5.02 Å². The summed E-state index contributed by atoms with van der Waals surface area (Å²) in [5, 5.41) is 3.81. The molecule has 1 amide bonds. The molecule has 0 saturated carbocycles. The molecule has 1 heterocycles. The highest BCUT2D eigenvalue weighted by atomic mass is 35.5. The van der Waals surface area contributed by atoms with E-state index in [1.807, 2.05) is 55.5 Å². The van der Waals surface area contributed by atoms with Crippen LogP contribution >= 0.6 is 23.4 Å². The fourth-order valence-corrected chi connectivity index (χ4v) is 4.28. The second-order valence-corrected chi connectivity index (χ2v) is 8.85. The van der Waals surface area contributed by atoms with Crippen molar-refractivity contribution in [2.24, 2.45) is 0 Å². The molecule has 0 radical (unpaired) electrons. The highest BCUT2D eigenvalue weighted by Crippen LogP contribution is 2.39. The Kier molecular flexibility index (Phi) is 5.83. The lowest BCUT2D eigenvalue weighted by Crippen LogP contribution is -2.43. The molecule has 0 spiro atoms. The Bertz CT molecular complexity index is 776. The standard InChI is InChI=1S/C21H24ClNO2S/c1-4-19(26-15-11-9-14(22)10-12-15)20(24)23-17-13-21(2,3)25-18-8-6-5-7-16(17)18/h5-12,17,19H,4,13H2,1-3H3,(H,23,24)/t17-,19+/m0/s1. The van der Waals surface area contributed by atoms with Crippen LogP contribution in [0, 0.1) is 0 Å². The summed E-state index contributed by atoms with van der Waals surface area (Å²) in [6.07, 6.45) is 1.51. The molecule has 0 fully saturated rings. The van der Waals surface area contributed by atoms with Crippen molar-refractivity contribution in [3.05, 3.63) is 59.1 Å². The molecule has 0 unspecified atom stereocenters. The van der Waals surface area contributed by atoms with Crippen LogP contribution in [0.15, 0.2) is 53.4 Å². The monoisotopic (exact) mass is 389 g/mol. The van der Waals surface area contributed by atoms with E-state index >= 15 is 0 Å². The van der Waals surface area contributed by atoms with Crippen LogP contribution in [-0.2, 0) is 4.79 Å². The van der Waals surface area contributed by atoms with Crippen molar-refractivity contribution < 1.29 is 9.53 Å². The first-order valence-corrected chi connectivity index (χ1v) is 10.1. The average molecular weight is 390 g/mol. The van der Waals surface area contributed by atoms with Gasteiger partial charge in [0, 0.05) is 21.9 Å². The third-order valence-electron chi connectivity index (χ3n) is 4.45. The normalized spacial score (nSPS) is 19.2.